The van der Waals surface area contributed by atoms with Crippen molar-refractivity contribution in [1.29, 1.82) is 0 Å². The minimum absolute atomic E-state index is 0.0697. The first-order valence-corrected chi connectivity index (χ1v) is 6.38. The van der Waals surface area contributed by atoms with E-state index in [2.05, 4.69) is 20.8 Å². The molecule has 0 heterocycles. The third-order valence-corrected chi connectivity index (χ3v) is 5.70. The second kappa shape index (κ2) is 3.84. The van der Waals surface area contributed by atoms with Gasteiger partial charge in [-0.1, -0.05) is 20.8 Å². The molecule has 0 amide bonds. The Balaban J connectivity index is 2.42. The summed E-state index contributed by atoms with van der Waals surface area (Å²) < 4.78 is 0. The molecular weight excluding hydrogens is 232 g/mol. The van der Waals surface area contributed by atoms with Crippen LogP contribution in [-0.2, 0) is 9.59 Å². The summed E-state index contributed by atoms with van der Waals surface area (Å²) in [6.45, 7) is 6.49. The van der Waals surface area contributed by atoms with Crippen LogP contribution in [0.3, 0.4) is 0 Å². The maximum atomic E-state index is 11.3. The van der Waals surface area contributed by atoms with Crippen molar-refractivity contribution in [3.8, 4) is 0 Å². The summed E-state index contributed by atoms with van der Waals surface area (Å²) in [6, 6.07) is 0. The van der Waals surface area contributed by atoms with Crippen molar-refractivity contribution < 1.29 is 19.8 Å². The fourth-order valence-electron chi connectivity index (χ4n) is 4.12. The minimum Gasteiger partial charge on any atom is -0.478 e. The Morgan fingerprint density at radius 3 is 2.17 bits per heavy atom. The standard InChI is InChI=1S/C14H20O4/c1-13(2)8-4-5-14(13,3)10(6-8)9(12(17)18)7-11(15)16/h7-8,10H,4-6H2,1-3H3,(H,15,16)(H,17,18)/b9-7+. The van der Waals surface area contributed by atoms with Gasteiger partial charge in [0.2, 0.25) is 0 Å². The lowest BCUT2D eigenvalue weighted by molar-refractivity contribution is -0.136. The molecule has 0 saturated heterocycles. The van der Waals surface area contributed by atoms with Crippen LogP contribution in [0.25, 0.3) is 0 Å². The fourth-order valence-corrected chi connectivity index (χ4v) is 4.12. The van der Waals surface area contributed by atoms with E-state index in [9.17, 15) is 14.7 Å². The summed E-state index contributed by atoms with van der Waals surface area (Å²) >= 11 is 0. The van der Waals surface area contributed by atoms with Crippen LogP contribution in [0.4, 0.5) is 0 Å². The molecule has 2 aliphatic rings. The van der Waals surface area contributed by atoms with Gasteiger partial charge in [0.25, 0.3) is 0 Å². The molecule has 2 aliphatic carbocycles. The first-order chi connectivity index (χ1) is 8.20. The molecule has 2 rings (SSSR count). The van der Waals surface area contributed by atoms with E-state index in [1.165, 1.54) is 0 Å². The van der Waals surface area contributed by atoms with Crippen LogP contribution >= 0.6 is 0 Å². The Kier molecular flexibility index (Phi) is 2.80. The monoisotopic (exact) mass is 252 g/mol. The van der Waals surface area contributed by atoms with Crippen LogP contribution in [0.2, 0.25) is 0 Å². The first-order valence-electron chi connectivity index (χ1n) is 6.38. The SMILES string of the molecule is CC1(C)C2CCC1(C)C(/C(=C\C(=O)O)C(=O)O)C2. The number of fused-ring (bicyclic) bond motifs is 2. The van der Waals surface area contributed by atoms with Crippen molar-refractivity contribution in [3.63, 3.8) is 0 Å². The van der Waals surface area contributed by atoms with E-state index in [0.29, 0.717) is 5.92 Å². The van der Waals surface area contributed by atoms with Crippen LogP contribution in [0.5, 0.6) is 0 Å². The minimum atomic E-state index is -1.17. The van der Waals surface area contributed by atoms with E-state index < -0.39 is 11.9 Å². The maximum Gasteiger partial charge on any atom is 0.332 e. The van der Waals surface area contributed by atoms with Crippen LogP contribution in [-0.4, -0.2) is 22.2 Å². The van der Waals surface area contributed by atoms with Crippen molar-refractivity contribution in [2.24, 2.45) is 22.7 Å². The second-order valence-electron chi connectivity index (χ2n) is 6.41. The van der Waals surface area contributed by atoms with Gasteiger partial charge in [-0.15, -0.1) is 0 Å². The number of carbonyl (C=O) groups is 2. The van der Waals surface area contributed by atoms with Gasteiger partial charge in [0.15, 0.2) is 0 Å². The molecule has 2 fully saturated rings. The van der Waals surface area contributed by atoms with Crippen molar-refractivity contribution in [2.45, 2.75) is 40.0 Å². The van der Waals surface area contributed by atoms with E-state index in [4.69, 9.17) is 5.11 Å². The van der Waals surface area contributed by atoms with E-state index in [1.54, 1.807) is 0 Å². The summed E-state index contributed by atoms with van der Waals surface area (Å²) in [7, 11) is 0. The van der Waals surface area contributed by atoms with Crippen molar-refractivity contribution in [3.05, 3.63) is 11.6 Å². The molecule has 0 aromatic heterocycles. The summed E-state index contributed by atoms with van der Waals surface area (Å²) in [5, 5.41) is 18.1. The fraction of sp³-hybridized carbons (Fsp3) is 0.714. The van der Waals surface area contributed by atoms with Gasteiger partial charge in [-0.2, -0.15) is 0 Å². The Labute approximate surface area is 107 Å². The normalized spacial score (nSPS) is 37.8. The number of aliphatic carboxylic acids is 2. The van der Waals surface area contributed by atoms with E-state index in [0.717, 1.165) is 25.3 Å². The molecule has 2 saturated carbocycles. The van der Waals surface area contributed by atoms with Gasteiger partial charge < -0.3 is 10.2 Å². The topological polar surface area (TPSA) is 74.6 Å². The molecular formula is C14H20O4. The van der Waals surface area contributed by atoms with E-state index in [-0.39, 0.29) is 22.3 Å². The Hall–Kier alpha value is -1.32. The average molecular weight is 252 g/mol. The number of rotatable bonds is 3. The highest BCUT2D eigenvalue weighted by Gasteiger charge is 2.62. The number of hydrogen-bond donors (Lipinski definition) is 2. The summed E-state index contributed by atoms with van der Waals surface area (Å²) in [4.78, 5) is 22.1. The molecule has 4 heteroatoms. The van der Waals surface area contributed by atoms with Crippen LogP contribution < -0.4 is 0 Å². The second-order valence-corrected chi connectivity index (χ2v) is 6.41. The molecule has 4 nitrogen and oxygen atoms in total. The molecule has 0 aromatic carbocycles. The predicted molar refractivity (Wildman–Crippen MR) is 66.1 cm³/mol. The van der Waals surface area contributed by atoms with Gasteiger partial charge in [0.1, 0.15) is 0 Å². The van der Waals surface area contributed by atoms with Crippen molar-refractivity contribution in [2.75, 3.05) is 0 Å². The van der Waals surface area contributed by atoms with Gasteiger partial charge in [-0.05, 0) is 41.9 Å². The average Bonchev–Trinajstić information content (AvgIpc) is 2.57. The highest BCUT2D eigenvalue weighted by atomic mass is 16.4. The largest absolute Gasteiger partial charge is 0.478 e. The van der Waals surface area contributed by atoms with Gasteiger partial charge in [-0.25, -0.2) is 9.59 Å². The molecule has 2 bridgehead atoms. The van der Waals surface area contributed by atoms with Crippen LogP contribution in [0, 0.1) is 22.7 Å². The molecule has 0 radical (unpaired) electrons. The lowest BCUT2D eigenvalue weighted by Gasteiger charge is -2.39. The molecule has 0 aliphatic heterocycles. The number of carboxylic acids is 2. The van der Waals surface area contributed by atoms with Crippen molar-refractivity contribution >= 4 is 11.9 Å². The summed E-state index contributed by atoms with van der Waals surface area (Å²) in [5.41, 5.74) is 0.0578. The maximum absolute atomic E-state index is 11.3. The van der Waals surface area contributed by atoms with Crippen LogP contribution in [0.15, 0.2) is 11.6 Å². The zero-order valence-corrected chi connectivity index (χ0v) is 11.1. The predicted octanol–water partition coefficient (Wildman–Crippen LogP) is 2.54. The van der Waals surface area contributed by atoms with E-state index in [1.807, 2.05) is 0 Å². The highest BCUT2D eigenvalue weighted by molar-refractivity contribution is 5.95. The Bertz CT molecular complexity index is 435. The Morgan fingerprint density at radius 1 is 1.22 bits per heavy atom. The first kappa shape index (κ1) is 13.1. The third-order valence-electron chi connectivity index (χ3n) is 5.70. The summed E-state index contributed by atoms with van der Waals surface area (Å²) in [5.74, 6) is -1.90. The molecule has 18 heavy (non-hydrogen) atoms. The van der Waals surface area contributed by atoms with Gasteiger partial charge >= 0.3 is 11.9 Å². The Morgan fingerprint density at radius 2 is 1.83 bits per heavy atom. The van der Waals surface area contributed by atoms with Gasteiger partial charge in [-0.3, -0.25) is 0 Å². The number of carboxylic acid groups (broad SMARTS) is 2. The van der Waals surface area contributed by atoms with Crippen LogP contribution in [0.1, 0.15) is 40.0 Å². The number of hydrogen-bond acceptors (Lipinski definition) is 2. The highest BCUT2D eigenvalue weighted by Crippen LogP contribution is 2.69. The zero-order chi connectivity index (χ0) is 13.7. The molecule has 0 aromatic rings. The molecule has 100 valence electrons. The molecule has 2 N–H and O–H groups in total. The lowest BCUT2D eigenvalue weighted by atomic mass is 9.65. The molecule has 3 unspecified atom stereocenters. The van der Waals surface area contributed by atoms with E-state index >= 15 is 0 Å². The van der Waals surface area contributed by atoms with Crippen molar-refractivity contribution in [1.82, 2.24) is 0 Å². The third kappa shape index (κ3) is 1.58. The van der Waals surface area contributed by atoms with Gasteiger partial charge in [0, 0.05) is 11.6 Å². The van der Waals surface area contributed by atoms with Gasteiger partial charge in [0.05, 0.1) is 0 Å². The molecule has 3 atom stereocenters. The lowest BCUT2D eigenvalue weighted by Crippen LogP contribution is -2.34. The summed E-state index contributed by atoms with van der Waals surface area (Å²) in [6.07, 6.45) is 3.80. The quantitative estimate of drug-likeness (QED) is 0.757. The smallest absolute Gasteiger partial charge is 0.332 e. The molecule has 0 spiro atoms. The zero-order valence-electron chi connectivity index (χ0n) is 11.1.